The summed E-state index contributed by atoms with van der Waals surface area (Å²) in [6.45, 7) is -0.544. The molecule has 0 amide bonds. The summed E-state index contributed by atoms with van der Waals surface area (Å²) in [5.41, 5.74) is 7.77. The lowest BCUT2D eigenvalue weighted by atomic mass is 9.97. The minimum Gasteiger partial charge on any atom is -0.491 e. The van der Waals surface area contributed by atoms with Crippen molar-refractivity contribution in [3.63, 3.8) is 0 Å². The Morgan fingerprint density at radius 1 is 1.03 bits per heavy atom. The van der Waals surface area contributed by atoms with Crippen molar-refractivity contribution in [3.8, 4) is 40.5 Å². The quantitative estimate of drug-likeness (QED) is 0.267. The Kier molecular flexibility index (Phi) is 8.19. The molecule has 192 valence electrons. The van der Waals surface area contributed by atoms with Gasteiger partial charge in [-0.3, -0.25) is 0 Å². The Morgan fingerprint density at radius 3 is 2.39 bits per heavy atom. The third kappa shape index (κ3) is 5.74. The first kappa shape index (κ1) is 26.6. The molecule has 0 aliphatic carbocycles. The van der Waals surface area contributed by atoms with E-state index in [4.69, 9.17) is 20.0 Å². The van der Waals surface area contributed by atoms with E-state index in [2.05, 4.69) is 16.0 Å². The van der Waals surface area contributed by atoms with Crippen molar-refractivity contribution in [1.82, 2.24) is 9.97 Å². The molecule has 2 heterocycles. The molecule has 0 saturated heterocycles. The van der Waals surface area contributed by atoms with Crippen LogP contribution in [0.3, 0.4) is 0 Å². The molecule has 38 heavy (non-hydrogen) atoms. The summed E-state index contributed by atoms with van der Waals surface area (Å²) in [7, 11) is 0. The fourth-order valence-electron chi connectivity index (χ4n) is 3.43. The number of nitriles is 2. The number of aliphatic hydroxyl groups is 2. The van der Waals surface area contributed by atoms with Gasteiger partial charge in [-0.15, -0.1) is 0 Å². The number of anilines is 1. The number of benzene rings is 2. The van der Waals surface area contributed by atoms with E-state index in [0.29, 0.717) is 22.6 Å². The van der Waals surface area contributed by atoms with Gasteiger partial charge in [-0.25, -0.2) is 18.7 Å². The van der Waals surface area contributed by atoms with Crippen molar-refractivity contribution >= 4 is 17.6 Å². The second kappa shape index (κ2) is 11.7. The lowest BCUT2D eigenvalue weighted by molar-refractivity contribution is 0.0536. The minimum atomic E-state index is -1.03. The van der Waals surface area contributed by atoms with Gasteiger partial charge in [0.1, 0.15) is 53.3 Å². The highest BCUT2D eigenvalue weighted by Gasteiger charge is 2.21. The van der Waals surface area contributed by atoms with E-state index in [-0.39, 0.29) is 45.8 Å². The summed E-state index contributed by atoms with van der Waals surface area (Å²) in [6, 6.07) is 13.9. The molecule has 2 aromatic carbocycles. The molecule has 1 atom stereocenters. The fourth-order valence-corrected chi connectivity index (χ4v) is 4.30. The van der Waals surface area contributed by atoms with Crippen LogP contribution >= 0.6 is 11.8 Å². The van der Waals surface area contributed by atoms with Crippen molar-refractivity contribution in [2.45, 2.75) is 16.9 Å². The minimum absolute atomic E-state index is 0.0392. The first-order chi connectivity index (χ1) is 18.3. The average Bonchev–Trinajstić information content (AvgIpc) is 3.41. The largest absolute Gasteiger partial charge is 0.491 e. The zero-order valence-electron chi connectivity index (χ0n) is 19.6. The molecule has 0 bridgehead atoms. The van der Waals surface area contributed by atoms with Crippen LogP contribution in [0, 0.1) is 34.3 Å². The number of thioether (sulfide) groups is 1. The van der Waals surface area contributed by atoms with Crippen molar-refractivity contribution in [1.29, 1.82) is 10.5 Å². The number of rotatable bonds is 9. The van der Waals surface area contributed by atoms with Gasteiger partial charge in [0, 0.05) is 16.9 Å². The van der Waals surface area contributed by atoms with Crippen molar-refractivity contribution in [2.75, 3.05) is 18.9 Å². The Morgan fingerprint density at radius 2 is 1.74 bits per heavy atom. The van der Waals surface area contributed by atoms with Crippen LogP contribution in [0.4, 0.5) is 14.6 Å². The number of hydrogen-bond acceptors (Lipinski definition) is 10. The molecule has 0 unspecified atom stereocenters. The van der Waals surface area contributed by atoms with Crippen molar-refractivity contribution < 1.29 is 28.1 Å². The van der Waals surface area contributed by atoms with Gasteiger partial charge in [0.15, 0.2) is 11.6 Å². The molecule has 2 aromatic heterocycles. The van der Waals surface area contributed by atoms with E-state index in [1.54, 1.807) is 24.3 Å². The van der Waals surface area contributed by atoms with E-state index in [9.17, 15) is 24.4 Å². The molecule has 4 rings (SSSR count). The van der Waals surface area contributed by atoms with Crippen molar-refractivity contribution in [2.24, 2.45) is 0 Å². The van der Waals surface area contributed by atoms with Crippen LogP contribution in [0.1, 0.15) is 16.8 Å². The third-order valence-corrected chi connectivity index (χ3v) is 6.30. The molecular formula is C26H19F2N5O4S. The summed E-state index contributed by atoms with van der Waals surface area (Å²) in [4.78, 5) is 8.53. The SMILES string of the molecule is N#Cc1c(N)nc(SCc2coc(-c3ccc(F)c(F)c3)n2)c(C#N)c1-c1ccc(OC[C@@H](O)CO)cc1. The fraction of sp³-hybridized carbons (Fsp3) is 0.154. The first-order valence-electron chi connectivity index (χ1n) is 11.0. The molecule has 0 aliphatic rings. The number of aromatic nitrogens is 2. The first-order valence-corrected chi connectivity index (χ1v) is 12.0. The predicted molar refractivity (Wildman–Crippen MR) is 134 cm³/mol. The molecule has 0 aliphatic heterocycles. The van der Waals surface area contributed by atoms with Gasteiger partial charge in [-0.1, -0.05) is 23.9 Å². The van der Waals surface area contributed by atoms with Crippen LogP contribution in [-0.4, -0.2) is 39.5 Å². The molecule has 12 heteroatoms. The zero-order chi connectivity index (χ0) is 27.2. The average molecular weight is 536 g/mol. The number of pyridine rings is 1. The molecule has 4 N–H and O–H groups in total. The number of ether oxygens (including phenoxy) is 1. The number of aliphatic hydroxyl groups excluding tert-OH is 2. The van der Waals surface area contributed by atoms with Gasteiger partial charge < -0.3 is 25.1 Å². The molecular weight excluding hydrogens is 516 g/mol. The smallest absolute Gasteiger partial charge is 0.226 e. The number of nitrogens with two attached hydrogens (primary N) is 1. The summed E-state index contributed by atoms with van der Waals surface area (Å²) in [5.74, 6) is -1.34. The van der Waals surface area contributed by atoms with E-state index < -0.39 is 24.3 Å². The second-order valence-corrected chi connectivity index (χ2v) is 8.85. The number of nitrogens with zero attached hydrogens (tertiary/aromatic N) is 4. The lowest BCUT2D eigenvalue weighted by Crippen LogP contribution is -2.21. The maximum absolute atomic E-state index is 13.6. The highest BCUT2D eigenvalue weighted by molar-refractivity contribution is 7.98. The Hall–Kier alpha value is -4.49. The molecule has 0 fully saturated rings. The van der Waals surface area contributed by atoms with E-state index >= 15 is 0 Å². The van der Waals surface area contributed by atoms with Crippen LogP contribution in [0.25, 0.3) is 22.6 Å². The van der Waals surface area contributed by atoms with Crippen LogP contribution in [0.5, 0.6) is 5.75 Å². The van der Waals surface area contributed by atoms with Gasteiger partial charge in [0.05, 0.1) is 17.9 Å². The molecule has 0 saturated carbocycles. The van der Waals surface area contributed by atoms with Gasteiger partial charge >= 0.3 is 0 Å². The Bertz CT molecular complexity index is 1550. The third-order valence-electron chi connectivity index (χ3n) is 5.29. The summed E-state index contributed by atoms with van der Waals surface area (Å²) in [5, 5.41) is 38.3. The van der Waals surface area contributed by atoms with E-state index in [1.807, 2.05) is 6.07 Å². The zero-order valence-corrected chi connectivity index (χ0v) is 20.4. The van der Waals surface area contributed by atoms with E-state index in [1.165, 1.54) is 12.3 Å². The highest BCUT2D eigenvalue weighted by Crippen LogP contribution is 2.37. The predicted octanol–water partition coefficient (Wildman–Crippen LogP) is 4.03. The number of nitrogen functional groups attached to an aromatic ring is 1. The molecule has 4 aromatic rings. The van der Waals surface area contributed by atoms with Crippen LogP contribution < -0.4 is 10.5 Å². The van der Waals surface area contributed by atoms with Crippen molar-refractivity contribution in [3.05, 3.63) is 77.2 Å². The summed E-state index contributed by atoms with van der Waals surface area (Å²) >= 11 is 1.14. The van der Waals surface area contributed by atoms with E-state index in [0.717, 1.165) is 23.9 Å². The van der Waals surface area contributed by atoms with Gasteiger partial charge in [0.25, 0.3) is 0 Å². The molecule has 0 radical (unpaired) electrons. The number of hydrogen-bond donors (Lipinski definition) is 3. The Labute approximate surface area is 219 Å². The van der Waals surface area contributed by atoms with Gasteiger partial charge in [-0.2, -0.15) is 10.5 Å². The molecule has 9 nitrogen and oxygen atoms in total. The number of halogens is 2. The highest BCUT2D eigenvalue weighted by atomic mass is 32.2. The maximum atomic E-state index is 13.6. The van der Waals surface area contributed by atoms with Crippen LogP contribution in [0.15, 0.2) is 58.2 Å². The normalized spacial score (nSPS) is 11.5. The summed E-state index contributed by atoms with van der Waals surface area (Å²) < 4.78 is 37.6. The number of oxazole rings is 1. The van der Waals surface area contributed by atoms with Crippen LogP contribution in [-0.2, 0) is 5.75 Å². The Balaban J connectivity index is 1.60. The van der Waals surface area contributed by atoms with Gasteiger partial charge in [-0.05, 0) is 35.9 Å². The lowest BCUT2D eigenvalue weighted by Gasteiger charge is -2.14. The van der Waals surface area contributed by atoms with Gasteiger partial charge in [0.2, 0.25) is 5.89 Å². The maximum Gasteiger partial charge on any atom is 0.226 e. The summed E-state index contributed by atoms with van der Waals surface area (Å²) in [6.07, 6.45) is 0.331. The molecule has 0 spiro atoms. The second-order valence-electron chi connectivity index (χ2n) is 7.88. The standard InChI is InChI=1S/C26H19F2N5O4S/c27-21-6-3-15(7-22(21)28)25-32-16(11-37-25)13-38-26-20(9-30)23(19(8-29)24(31)33-26)14-1-4-18(5-2-14)36-12-17(35)10-34/h1-7,11,17,34-35H,10,12-13H2,(H2,31,33)/t17-/m0/s1. The topological polar surface area (TPSA) is 162 Å². The monoisotopic (exact) mass is 535 g/mol. The van der Waals surface area contributed by atoms with Crippen LogP contribution in [0.2, 0.25) is 0 Å².